The number of hydrogen-bond acceptors (Lipinski definition) is 3. The van der Waals surface area contributed by atoms with Crippen molar-refractivity contribution < 1.29 is 14.4 Å². The van der Waals surface area contributed by atoms with Crippen LogP contribution in [0.25, 0.3) is 0 Å². The maximum atomic E-state index is 11.5. The molecule has 0 unspecified atom stereocenters. The van der Waals surface area contributed by atoms with E-state index in [9.17, 15) is 14.4 Å². The molecule has 1 rings (SSSR count). The lowest BCUT2D eigenvalue weighted by Gasteiger charge is -2.15. The van der Waals surface area contributed by atoms with Gasteiger partial charge in [0.1, 0.15) is 0 Å². The molecule has 1 aliphatic rings. The quantitative estimate of drug-likeness (QED) is 0.549. The van der Waals surface area contributed by atoms with Gasteiger partial charge in [0, 0.05) is 19.8 Å². The highest BCUT2D eigenvalue weighted by Crippen LogP contribution is 2.13. The first-order valence-electron chi connectivity index (χ1n) is 4.99. The minimum Gasteiger partial charge on any atom is -0.274 e. The van der Waals surface area contributed by atoms with Crippen molar-refractivity contribution in [2.45, 2.75) is 45.4 Å². The van der Waals surface area contributed by atoms with Gasteiger partial charge in [0.25, 0.3) is 0 Å². The van der Waals surface area contributed by atoms with Crippen molar-refractivity contribution in [2.24, 2.45) is 0 Å². The predicted molar refractivity (Wildman–Crippen MR) is 50.2 cm³/mol. The fourth-order valence-corrected chi connectivity index (χ4v) is 1.62. The molecule has 4 nitrogen and oxygen atoms in total. The van der Waals surface area contributed by atoms with Crippen molar-refractivity contribution in [3.8, 4) is 0 Å². The largest absolute Gasteiger partial charge is 0.274 e. The number of hydrogen-bond donors (Lipinski definition) is 0. The van der Waals surface area contributed by atoms with Gasteiger partial charge in [-0.2, -0.15) is 0 Å². The van der Waals surface area contributed by atoms with E-state index < -0.39 is 5.91 Å². The van der Waals surface area contributed by atoms with Crippen LogP contribution in [0, 0.1) is 0 Å². The summed E-state index contributed by atoms with van der Waals surface area (Å²) in [5.74, 6) is -1.14. The first-order chi connectivity index (χ1) is 6.63. The normalized spacial score (nSPS) is 19.9. The van der Waals surface area contributed by atoms with Crippen LogP contribution in [0.3, 0.4) is 0 Å². The van der Waals surface area contributed by atoms with E-state index >= 15 is 0 Å². The van der Waals surface area contributed by atoms with E-state index in [1.54, 1.807) is 0 Å². The molecular weight excluding hydrogens is 182 g/mol. The second-order valence-electron chi connectivity index (χ2n) is 3.56. The van der Waals surface area contributed by atoms with Crippen LogP contribution in [0.5, 0.6) is 0 Å². The Morgan fingerprint density at radius 2 is 1.43 bits per heavy atom. The molecule has 1 fully saturated rings. The summed E-state index contributed by atoms with van der Waals surface area (Å²) in [5.41, 5.74) is 0. The number of carbonyl (C=O) groups is 3. The lowest BCUT2D eigenvalue weighted by atomic mass is 10.1. The molecule has 78 valence electrons. The van der Waals surface area contributed by atoms with Crippen LogP contribution in [0.4, 0.5) is 0 Å². The van der Waals surface area contributed by atoms with Gasteiger partial charge in [-0.05, 0) is 12.8 Å². The third-order valence-electron chi connectivity index (χ3n) is 2.34. The molecular formula is C10H15NO3. The first-order valence-corrected chi connectivity index (χ1v) is 4.99. The van der Waals surface area contributed by atoms with E-state index in [-0.39, 0.29) is 11.8 Å². The van der Waals surface area contributed by atoms with Crippen molar-refractivity contribution in [2.75, 3.05) is 0 Å². The highest BCUT2D eigenvalue weighted by atomic mass is 16.2. The average Bonchev–Trinajstić information content (AvgIpc) is 2.16. The molecule has 0 aliphatic carbocycles. The molecule has 0 aromatic heterocycles. The molecule has 0 spiro atoms. The summed E-state index contributed by atoms with van der Waals surface area (Å²) in [6.07, 6.45) is 4.10. The molecule has 0 saturated carbocycles. The van der Waals surface area contributed by atoms with Gasteiger partial charge in [-0.1, -0.05) is 12.8 Å². The summed E-state index contributed by atoms with van der Waals surface area (Å²) in [6.45, 7) is 1.26. The zero-order valence-electron chi connectivity index (χ0n) is 8.41. The molecule has 0 radical (unpaired) electrons. The Bertz CT molecular complexity index is 240. The third-order valence-corrected chi connectivity index (χ3v) is 2.34. The van der Waals surface area contributed by atoms with Crippen LogP contribution in [0.15, 0.2) is 0 Å². The SMILES string of the molecule is CC(=O)N1C(=O)CCCCCCC1=O. The molecule has 4 heteroatoms. The Labute approximate surface area is 83.3 Å². The van der Waals surface area contributed by atoms with Crippen LogP contribution < -0.4 is 0 Å². The smallest absolute Gasteiger partial charge is 0.236 e. The number of nitrogens with zero attached hydrogens (tertiary/aromatic N) is 1. The van der Waals surface area contributed by atoms with Gasteiger partial charge < -0.3 is 0 Å². The molecule has 14 heavy (non-hydrogen) atoms. The third kappa shape index (κ3) is 2.65. The zero-order chi connectivity index (χ0) is 10.6. The summed E-state index contributed by atoms with van der Waals surface area (Å²) in [7, 11) is 0. The first kappa shape index (κ1) is 10.9. The Morgan fingerprint density at radius 1 is 1.00 bits per heavy atom. The summed E-state index contributed by atoms with van der Waals surface area (Å²) >= 11 is 0. The van der Waals surface area contributed by atoms with E-state index in [4.69, 9.17) is 0 Å². The summed E-state index contributed by atoms with van der Waals surface area (Å²) in [5, 5.41) is 0. The standard InChI is InChI=1S/C10H15NO3/c1-8(12)11-9(13)6-4-2-3-5-7-10(11)14/h2-7H2,1H3. The van der Waals surface area contributed by atoms with Crippen molar-refractivity contribution in [1.82, 2.24) is 4.90 Å². The predicted octanol–water partition coefficient (Wildman–Crippen LogP) is 1.24. The average molecular weight is 197 g/mol. The fourth-order valence-electron chi connectivity index (χ4n) is 1.62. The van der Waals surface area contributed by atoms with Gasteiger partial charge in [0.15, 0.2) is 0 Å². The number of carbonyl (C=O) groups excluding carboxylic acids is 3. The maximum absolute atomic E-state index is 11.5. The highest BCUT2D eigenvalue weighted by molar-refractivity contribution is 6.10. The molecule has 0 N–H and O–H groups in total. The van der Waals surface area contributed by atoms with Crippen LogP contribution >= 0.6 is 0 Å². The Morgan fingerprint density at radius 3 is 1.79 bits per heavy atom. The lowest BCUT2D eigenvalue weighted by Crippen LogP contribution is -2.39. The van der Waals surface area contributed by atoms with Crippen LogP contribution in [-0.2, 0) is 14.4 Å². The van der Waals surface area contributed by atoms with E-state index in [1.165, 1.54) is 6.92 Å². The van der Waals surface area contributed by atoms with E-state index in [0.717, 1.165) is 30.6 Å². The monoisotopic (exact) mass is 197 g/mol. The molecule has 1 heterocycles. The van der Waals surface area contributed by atoms with E-state index in [1.807, 2.05) is 0 Å². The van der Waals surface area contributed by atoms with Gasteiger partial charge in [0.05, 0.1) is 0 Å². The van der Waals surface area contributed by atoms with Crippen molar-refractivity contribution in [3.63, 3.8) is 0 Å². The van der Waals surface area contributed by atoms with Gasteiger partial charge in [-0.15, -0.1) is 0 Å². The molecule has 0 atom stereocenters. The molecule has 1 saturated heterocycles. The Balaban J connectivity index is 2.76. The van der Waals surface area contributed by atoms with Gasteiger partial charge >= 0.3 is 0 Å². The second kappa shape index (κ2) is 4.88. The van der Waals surface area contributed by atoms with Crippen LogP contribution in [-0.4, -0.2) is 22.6 Å². The Hall–Kier alpha value is -1.19. The topological polar surface area (TPSA) is 54.5 Å². The van der Waals surface area contributed by atoms with Gasteiger partial charge in [0.2, 0.25) is 17.7 Å². The highest BCUT2D eigenvalue weighted by Gasteiger charge is 2.25. The number of amides is 3. The van der Waals surface area contributed by atoms with E-state index in [2.05, 4.69) is 0 Å². The number of rotatable bonds is 0. The van der Waals surface area contributed by atoms with Gasteiger partial charge in [-0.3, -0.25) is 14.4 Å². The van der Waals surface area contributed by atoms with Crippen molar-refractivity contribution in [1.29, 1.82) is 0 Å². The van der Waals surface area contributed by atoms with Crippen molar-refractivity contribution in [3.05, 3.63) is 0 Å². The zero-order valence-corrected chi connectivity index (χ0v) is 8.41. The molecule has 0 aromatic rings. The summed E-state index contributed by atoms with van der Waals surface area (Å²) < 4.78 is 0. The molecule has 0 bridgehead atoms. The molecule has 3 amide bonds. The van der Waals surface area contributed by atoms with Crippen molar-refractivity contribution >= 4 is 17.7 Å². The molecule has 0 aromatic carbocycles. The molecule has 1 aliphatic heterocycles. The minimum atomic E-state index is -0.457. The van der Waals surface area contributed by atoms with Crippen LogP contribution in [0.2, 0.25) is 0 Å². The second-order valence-corrected chi connectivity index (χ2v) is 3.56. The minimum absolute atomic E-state index is 0.311. The Kier molecular flexibility index (Phi) is 3.80. The van der Waals surface area contributed by atoms with Crippen LogP contribution in [0.1, 0.15) is 45.4 Å². The lowest BCUT2D eigenvalue weighted by molar-refractivity contribution is -0.153. The maximum Gasteiger partial charge on any atom is 0.236 e. The van der Waals surface area contributed by atoms with E-state index in [0.29, 0.717) is 12.8 Å². The summed E-state index contributed by atoms with van der Waals surface area (Å²) in [4.78, 5) is 34.8. The van der Waals surface area contributed by atoms with Gasteiger partial charge in [-0.25, -0.2) is 4.90 Å². The summed E-state index contributed by atoms with van der Waals surface area (Å²) in [6, 6.07) is 0. The fraction of sp³-hybridized carbons (Fsp3) is 0.700. The number of imide groups is 3.